The van der Waals surface area contributed by atoms with Gasteiger partial charge < -0.3 is 5.73 Å². The van der Waals surface area contributed by atoms with Crippen LogP contribution in [0.2, 0.25) is 0 Å². The van der Waals surface area contributed by atoms with Crippen molar-refractivity contribution in [3.05, 3.63) is 35.4 Å². The smallest absolute Gasteiger partial charge is 0.0470 e. The summed E-state index contributed by atoms with van der Waals surface area (Å²) in [6, 6.07) is 9.46. The molecule has 2 nitrogen and oxygen atoms in total. The van der Waals surface area contributed by atoms with Crippen molar-refractivity contribution < 1.29 is 0 Å². The first kappa shape index (κ1) is 15.9. The van der Waals surface area contributed by atoms with Crippen LogP contribution in [0, 0.1) is 0 Å². The lowest BCUT2D eigenvalue weighted by atomic mass is 9.86. The lowest BCUT2D eigenvalue weighted by Gasteiger charge is -2.30. The van der Waals surface area contributed by atoms with Crippen molar-refractivity contribution in [3.63, 3.8) is 0 Å². The van der Waals surface area contributed by atoms with E-state index < -0.39 is 0 Å². The van der Waals surface area contributed by atoms with Crippen molar-refractivity contribution in [1.82, 2.24) is 4.90 Å². The molecule has 0 spiro atoms. The lowest BCUT2D eigenvalue weighted by molar-refractivity contribution is 0.218. The third-order valence-corrected chi connectivity index (χ3v) is 5.13. The molecule has 1 atom stereocenters. The quantitative estimate of drug-likeness (QED) is 0.925. The predicted molar refractivity (Wildman–Crippen MR) is 90.5 cm³/mol. The Kier molecular flexibility index (Phi) is 5.53. The van der Waals surface area contributed by atoms with E-state index in [9.17, 15) is 0 Å². The molecule has 0 radical (unpaired) electrons. The number of rotatable bonds is 3. The summed E-state index contributed by atoms with van der Waals surface area (Å²) in [6.07, 6.45) is 1.28. The largest absolute Gasteiger partial charge is 0.329 e. The fraction of sp³-hybridized carbons (Fsp3) is 0.647. The van der Waals surface area contributed by atoms with Gasteiger partial charge in [-0.15, -0.1) is 0 Å². The van der Waals surface area contributed by atoms with Crippen molar-refractivity contribution in [2.24, 2.45) is 5.73 Å². The third-order valence-electron chi connectivity index (χ3n) is 4.08. The molecule has 2 rings (SSSR count). The van der Waals surface area contributed by atoms with Gasteiger partial charge in [0.05, 0.1) is 0 Å². The molecule has 3 heteroatoms. The van der Waals surface area contributed by atoms with E-state index in [4.69, 9.17) is 5.73 Å². The van der Waals surface area contributed by atoms with Crippen molar-refractivity contribution in [3.8, 4) is 0 Å². The van der Waals surface area contributed by atoms with Crippen LogP contribution in [0.5, 0.6) is 0 Å². The Labute approximate surface area is 128 Å². The first-order valence-corrected chi connectivity index (χ1v) is 8.80. The molecule has 1 unspecified atom stereocenters. The molecule has 0 amide bonds. The van der Waals surface area contributed by atoms with Crippen LogP contribution in [0.4, 0.5) is 0 Å². The van der Waals surface area contributed by atoms with Gasteiger partial charge in [0, 0.05) is 24.9 Å². The third kappa shape index (κ3) is 4.00. The summed E-state index contributed by atoms with van der Waals surface area (Å²) in [4.78, 5) is 2.56. The molecule has 1 fully saturated rings. The van der Waals surface area contributed by atoms with Crippen LogP contribution in [0.3, 0.4) is 0 Å². The zero-order chi connectivity index (χ0) is 14.6. The molecule has 1 aliphatic heterocycles. The molecule has 1 aliphatic rings. The number of hydrogen-bond donors (Lipinski definition) is 1. The Morgan fingerprint density at radius 1 is 1.15 bits per heavy atom. The van der Waals surface area contributed by atoms with E-state index in [1.807, 2.05) is 0 Å². The summed E-state index contributed by atoms with van der Waals surface area (Å²) in [5.74, 6) is 2.52. The molecule has 1 aromatic rings. The van der Waals surface area contributed by atoms with Crippen molar-refractivity contribution in [2.45, 2.75) is 38.6 Å². The number of thioether (sulfide) groups is 1. The molecule has 1 heterocycles. The summed E-state index contributed by atoms with van der Waals surface area (Å²) < 4.78 is 0. The highest BCUT2D eigenvalue weighted by atomic mass is 32.2. The number of nitrogens with two attached hydrogens (primary N) is 1. The summed E-state index contributed by atoms with van der Waals surface area (Å²) in [5, 5.41) is 0. The molecule has 1 saturated heterocycles. The first-order valence-electron chi connectivity index (χ1n) is 7.64. The summed E-state index contributed by atoms with van der Waals surface area (Å²) in [7, 11) is 0. The predicted octanol–water partition coefficient (Wildman–Crippen LogP) is 3.42. The Morgan fingerprint density at radius 3 is 2.45 bits per heavy atom. The second kappa shape index (κ2) is 6.97. The van der Waals surface area contributed by atoms with E-state index in [1.165, 1.54) is 35.6 Å². The highest BCUT2D eigenvalue weighted by molar-refractivity contribution is 7.99. The summed E-state index contributed by atoms with van der Waals surface area (Å²) in [5.41, 5.74) is 9.04. The Morgan fingerprint density at radius 2 is 1.85 bits per heavy atom. The molecular formula is C17H28N2S. The van der Waals surface area contributed by atoms with E-state index in [-0.39, 0.29) is 5.41 Å². The molecule has 2 N–H and O–H groups in total. The van der Waals surface area contributed by atoms with Crippen LogP contribution in [0.15, 0.2) is 24.3 Å². The van der Waals surface area contributed by atoms with Gasteiger partial charge in [0.2, 0.25) is 0 Å². The van der Waals surface area contributed by atoms with Gasteiger partial charge in [0.1, 0.15) is 0 Å². The van der Waals surface area contributed by atoms with E-state index in [1.54, 1.807) is 0 Å². The van der Waals surface area contributed by atoms with Crippen LogP contribution >= 0.6 is 11.8 Å². The van der Waals surface area contributed by atoms with Crippen molar-refractivity contribution >= 4 is 11.8 Å². The highest BCUT2D eigenvalue weighted by Crippen LogP contribution is 2.27. The van der Waals surface area contributed by atoms with Crippen LogP contribution < -0.4 is 5.73 Å². The minimum Gasteiger partial charge on any atom is -0.329 e. The second-order valence-corrected chi connectivity index (χ2v) is 7.85. The lowest BCUT2D eigenvalue weighted by Crippen LogP contribution is -2.35. The molecule has 0 aliphatic carbocycles. The summed E-state index contributed by atoms with van der Waals surface area (Å²) in [6.45, 7) is 9.82. The van der Waals surface area contributed by atoms with Gasteiger partial charge in [-0.25, -0.2) is 0 Å². The molecule has 112 valence electrons. The number of benzene rings is 1. The van der Waals surface area contributed by atoms with Crippen molar-refractivity contribution in [2.75, 3.05) is 31.1 Å². The monoisotopic (exact) mass is 292 g/mol. The fourth-order valence-electron chi connectivity index (χ4n) is 2.78. The molecule has 0 bridgehead atoms. The van der Waals surface area contributed by atoms with E-state index >= 15 is 0 Å². The van der Waals surface area contributed by atoms with Gasteiger partial charge in [-0.05, 0) is 35.3 Å². The van der Waals surface area contributed by atoms with Crippen LogP contribution in [-0.2, 0) is 5.41 Å². The zero-order valence-corrected chi connectivity index (χ0v) is 13.9. The second-order valence-electron chi connectivity index (χ2n) is 6.63. The van der Waals surface area contributed by atoms with Gasteiger partial charge in [0.15, 0.2) is 0 Å². The van der Waals surface area contributed by atoms with Gasteiger partial charge in [0.25, 0.3) is 0 Å². The zero-order valence-electron chi connectivity index (χ0n) is 13.1. The standard InChI is InChI=1S/C17H28N2S/c1-17(2,3)15-7-5-14(6-8-15)16(13-18)19-9-4-11-20-12-10-19/h5-8,16H,4,9-13,18H2,1-3H3. The maximum absolute atomic E-state index is 6.06. The molecule has 0 aromatic heterocycles. The Hall–Kier alpha value is -0.510. The Bertz CT molecular complexity index is 400. The maximum Gasteiger partial charge on any atom is 0.0470 e. The Balaban J connectivity index is 2.14. The minimum atomic E-state index is 0.218. The molecule has 0 saturated carbocycles. The number of hydrogen-bond acceptors (Lipinski definition) is 3. The average molecular weight is 292 g/mol. The van der Waals surface area contributed by atoms with Gasteiger partial charge in [-0.3, -0.25) is 4.90 Å². The van der Waals surface area contributed by atoms with Crippen molar-refractivity contribution in [1.29, 1.82) is 0 Å². The molecular weight excluding hydrogens is 264 g/mol. The highest BCUT2D eigenvalue weighted by Gasteiger charge is 2.21. The maximum atomic E-state index is 6.06. The van der Waals surface area contributed by atoms with Gasteiger partial charge in [-0.1, -0.05) is 45.0 Å². The molecule has 1 aromatic carbocycles. The molecule has 20 heavy (non-hydrogen) atoms. The van der Waals surface area contributed by atoms with E-state index in [0.29, 0.717) is 12.6 Å². The van der Waals surface area contributed by atoms with Gasteiger partial charge in [-0.2, -0.15) is 11.8 Å². The van der Waals surface area contributed by atoms with E-state index in [2.05, 4.69) is 61.7 Å². The fourth-order valence-corrected chi connectivity index (χ4v) is 3.68. The topological polar surface area (TPSA) is 29.3 Å². The average Bonchev–Trinajstić information content (AvgIpc) is 2.68. The summed E-state index contributed by atoms with van der Waals surface area (Å²) >= 11 is 2.07. The SMILES string of the molecule is CC(C)(C)c1ccc(C(CN)N2CCCSCC2)cc1. The first-order chi connectivity index (χ1) is 9.52. The minimum absolute atomic E-state index is 0.218. The normalized spacial score (nSPS) is 19.6. The van der Waals surface area contributed by atoms with Crippen LogP contribution in [-0.4, -0.2) is 36.0 Å². The van der Waals surface area contributed by atoms with Gasteiger partial charge >= 0.3 is 0 Å². The number of nitrogens with zero attached hydrogens (tertiary/aromatic N) is 1. The van der Waals surface area contributed by atoms with E-state index in [0.717, 1.165) is 6.54 Å². The van der Waals surface area contributed by atoms with Crippen LogP contribution in [0.25, 0.3) is 0 Å². The van der Waals surface area contributed by atoms with Crippen LogP contribution in [0.1, 0.15) is 44.4 Å².